The quantitative estimate of drug-likeness (QED) is 0.624. The SMILES string of the molecule is NC(=O)[C@H](O)CNC(=O)Nc1ccc(Cl)cc1. The highest BCUT2D eigenvalue weighted by Gasteiger charge is 2.11. The van der Waals surface area contributed by atoms with Gasteiger partial charge in [-0.15, -0.1) is 0 Å². The van der Waals surface area contributed by atoms with Crippen LogP contribution in [0.4, 0.5) is 10.5 Å². The molecule has 1 atom stereocenters. The van der Waals surface area contributed by atoms with Gasteiger partial charge in [-0.1, -0.05) is 11.6 Å². The molecule has 3 amide bonds. The van der Waals surface area contributed by atoms with Gasteiger partial charge in [-0.3, -0.25) is 4.79 Å². The van der Waals surface area contributed by atoms with Crippen molar-refractivity contribution < 1.29 is 14.7 Å². The van der Waals surface area contributed by atoms with Crippen LogP contribution in [-0.4, -0.2) is 29.7 Å². The topological polar surface area (TPSA) is 104 Å². The van der Waals surface area contributed by atoms with Crippen LogP contribution in [0.2, 0.25) is 5.02 Å². The molecule has 0 spiro atoms. The first-order valence-corrected chi connectivity index (χ1v) is 5.14. The summed E-state index contributed by atoms with van der Waals surface area (Å²) in [4.78, 5) is 21.8. The van der Waals surface area contributed by atoms with E-state index in [1.807, 2.05) is 0 Å². The molecule has 1 aromatic rings. The molecule has 0 saturated carbocycles. The third-order valence-corrected chi connectivity index (χ3v) is 2.14. The van der Waals surface area contributed by atoms with Gasteiger partial charge in [-0.05, 0) is 24.3 Å². The van der Waals surface area contributed by atoms with Crippen LogP contribution in [0.15, 0.2) is 24.3 Å². The van der Waals surface area contributed by atoms with Crippen molar-refractivity contribution in [3.8, 4) is 0 Å². The fourth-order valence-corrected chi connectivity index (χ4v) is 1.12. The zero-order valence-electron chi connectivity index (χ0n) is 8.81. The van der Waals surface area contributed by atoms with Crippen molar-refractivity contribution in [2.24, 2.45) is 5.73 Å². The second-order valence-corrected chi connectivity index (χ2v) is 3.70. The Morgan fingerprint density at radius 1 is 1.35 bits per heavy atom. The van der Waals surface area contributed by atoms with E-state index in [-0.39, 0.29) is 6.54 Å². The summed E-state index contributed by atoms with van der Waals surface area (Å²) in [6, 6.07) is 5.93. The Bertz CT molecular complexity index is 408. The van der Waals surface area contributed by atoms with Gasteiger partial charge in [0.1, 0.15) is 6.10 Å². The summed E-state index contributed by atoms with van der Waals surface area (Å²) in [7, 11) is 0. The van der Waals surface area contributed by atoms with Gasteiger partial charge in [0, 0.05) is 10.7 Å². The Hall–Kier alpha value is -1.79. The van der Waals surface area contributed by atoms with Gasteiger partial charge in [0.05, 0.1) is 6.54 Å². The zero-order valence-corrected chi connectivity index (χ0v) is 9.57. The van der Waals surface area contributed by atoms with E-state index in [0.717, 1.165) is 0 Å². The highest BCUT2D eigenvalue weighted by molar-refractivity contribution is 6.30. The average Bonchev–Trinajstić information content (AvgIpc) is 2.29. The molecule has 0 fully saturated rings. The van der Waals surface area contributed by atoms with E-state index >= 15 is 0 Å². The average molecular weight is 258 g/mol. The zero-order chi connectivity index (χ0) is 12.8. The van der Waals surface area contributed by atoms with Crippen molar-refractivity contribution in [3.63, 3.8) is 0 Å². The molecular weight excluding hydrogens is 246 g/mol. The molecule has 0 heterocycles. The molecule has 0 aromatic heterocycles. The lowest BCUT2D eigenvalue weighted by Gasteiger charge is -2.09. The molecule has 6 nitrogen and oxygen atoms in total. The Morgan fingerprint density at radius 2 is 1.94 bits per heavy atom. The number of amides is 3. The first-order valence-electron chi connectivity index (χ1n) is 4.77. The number of halogens is 1. The van der Waals surface area contributed by atoms with Crippen molar-refractivity contribution >= 4 is 29.2 Å². The first-order chi connectivity index (χ1) is 7.99. The van der Waals surface area contributed by atoms with Crippen LogP contribution in [0.25, 0.3) is 0 Å². The number of benzene rings is 1. The molecule has 1 rings (SSSR count). The summed E-state index contributed by atoms with van der Waals surface area (Å²) in [6.45, 7) is -0.241. The summed E-state index contributed by atoms with van der Waals surface area (Å²) in [5, 5.41) is 14.4. The molecule has 0 radical (unpaired) electrons. The molecule has 1 aromatic carbocycles. The molecule has 0 aliphatic heterocycles. The lowest BCUT2D eigenvalue weighted by atomic mass is 10.3. The van der Waals surface area contributed by atoms with Crippen LogP contribution in [0.3, 0.4) is 0 Å². The number of hydrogen-bond donors (Lipinski definition) is 4. The van der Waals surface area contributed by atoms with Crippen molar-refractivity contribution in [2.75, 3.05) is 11.9 Å². The van der Waals surface area contributed by atoms with Crippen LogP contribution >= 0.6 is 11.6 Å². The van der Waals surface area contributed by atoms with Crippen molar-refractivity contribution in [1.29, 1.82) is 0 Å². The lowest BCUT2D eigenvalue weighted by molar-refractivity contribution is -0.125. The smallest absolute Gasteiger partial charge is 0.319 e. The Kier molecular flexibility index (Phi) is 4.74. The summed E-state index contributed by atoms with van der Waals surface area (Å²) in [5.41, 5.74) is 5.36. The third kappa shape index (κ3) is 4.71. The van der Waals surface area contributed by atoms with E-state index in [2.05, 4.69) is 10.6 Å². The molecule has 0 bridgehead atoms. The fourth-order valence-electron chi connectivity index (χ4n) is 0.998. The number of rotatable bonds is 4. The van der Waals surface area contributed by atoms with Gasteiger partial charge in [0.25, 0.3) is 0 Å². The van der Waals surface area contributed by atoms with E-state index < -0.39 is 18.0 Å². The van der Waals surface area contributed by atoms with Gasteiger partial charge >= 0.3 is 6.03 Å². The summed E-state index contributed by atoms with van der Waals surface area (Å²) < 4.78 is 0. The minimum atomic E-state index is -1.40. The summed E-state index contributed by atoms with van der Waals surface area (Å²) in [6.07, 6.45) is -1.40. The van der Waals surface area contributed by atoms with Crippen LogP contribution in [0, 0.1) is 0 Å². The molecular formula is C10H12ClN3O3. The molecule has 5 N–H and O–H groups in total. The largest absolute Gasteiger partial charge is 0.381 e. The van der Waals surface area contributed by atoms with Crippen LogP contribution in [0.1, 0.15) is 0 Å². The van der Waals surface area contributed by atoms with Crippen LogP contribution in [0.5, 0.6) is 0 Å². The highest BCUT2D eigenvalue weighted by Crippen LogP contribution is 2.12. The summed E-state index contributed by atoms with van der Waals surface area (Å²) in [5.74, 6) is -0.892. The second kappa shape index (κ2) is 6.07. The van der Waals surface area contributed by atoms with Gasteiger partial charge < -0.3 is 21.5 Å². The minimum absolute atomic E-state index is 0.241. The second-order valence-electron chi connectivity index (χ2n) is 3.26. The highest BCUT2D eigenvalue weighted by atomic mass is 35.5. The van der Waals surface area contributed by atoms with E-state index in [1.165, 1.54) is 0 Å². The Labute approximate surface area is 103 Å². The van der Waals surface area contributed by atoms with E-state index in [1.54, 1.807) is 24.3 Å². The minimum Gasteiger partial charge on any atom is -0.381 e. The Balaban J connectivity index is 2.39. The number of aliphatic hydroxyl groups is 1. The molecule has 7 heteroatoms. The summed E-state index contributed by atoms with van der Waals surface area (Å²) >= 11 is 5.67. The van der Waals surface area contributed by atoms with Crippen LogP contribution in [-0.2, 0) is 4.79 Å². The molecule has 0 aliphatic rings. The van der Waals surface area contributed by atoms with Crippen molar-refractivity contribution in [2.45, 2.75) is 6.10 Å². The number of nitrogens with two attached hydrogens (primary N) is 1. The van der Waals surface area contributed by atoms with Crippen LogP contribution < -0.4 is 16.4 Å². The lowest BCUT2D eigenvalue weighted by Crippen LogP contribution is -2.41. The van der Waals surface area contributed by atoms with E-state index in [9.17, 15) is 9.59 Å². The maximum absolute atomic E-state index is 11.3. The monoisotopic (exact) mass is 257 g/mol. The number of carbonyl (C=O) groups excluding carboxylic acids is 2. The Morgan fingerprint density at radius 3 is 2.47 bits per heavy atom. The predicted molar refractivity (Wildman–Crippen MR) is 63.7 cm³/mol. The predicted octanol–water partition coefficient (Wildman–Crippen LogP) is 0.308. The molecule has 0 aliphatic carbocycles. The number of aliphatic hydroxyl groups excluding tert-OH is 1. The van der Waals surface area contributed by atoms with Gasteiger partial charge in [-0.2, -0.15) is 0 Å². The number of nitrogens with one attached hydrogen (secondary N) is 2. The van der Waals surface area contributed by atoms with Gasteiger partial charge in [0.2, 0.25) is 5.91 Å². The molecule has 92 valence electrons. The maximum atomic E-state index is 11.3. The molecule has 17 heavy (non-hydrogen) atoms. The maximum Gasteiger partial charge on any atom is 0.319 e. The van der Waals surface area contributed by atoms with Crippen molar-refractivity contribution in [1.82, 2.24) is 5.32 Å². The number of urea groups is 1. The standard InChI is InChI=1S/C10H12ClN3O3/c11-6-1-3-7(4-2-6)14-10(17)13-5-8(15)9(12)16/h1-4,8,15H,5H2,(H2,12,16)(H2,13,14,17)/t8-/m1/s1. The molecule has 0 saturated heterocycles. The number of carbonyl (C=O) groups is 2. The number of anilines is 1. The number of hydrogen-bond acceptors (Lipinski definition) is 3. The van der Waals surface area contributed by atoms with Gasteiger partial charge in [-0.25, -0.2) is 4.79 Å². The van der Waals surface area contributed by atoms with Crippen molar-refractivity contribution in [3.05, 3.63) is 29.3 Å². The molecule has 0 unspecified atom stereocenters. The number of primary amides is 1. The van der Waals surface area contributed by atoms with Gasteiger partial charge in [0.15, 0.2) is 0 Å². The first kappa shape index (κ1) is 13.3. The van der Waals surface area contributed by atoms with E-state index in [4.69, 9.17) is 22.4 Å². The van der Waals surface area contributed by atoms with E-state index in [0.29, 0.717) is 10.7 Å². The fraction of sp³-hybridized carbons (Fsp3) is 0.200. The third-order valence-electron chi connectivity index (χ3n) is 1.89. The normalized spacial score (nSPS) is 11.6.